The van der Waals surface area contributed by atoms with E-state index in [1.165, 1.54) is 12.8 Å². The molecule has 1 aromatic carbocycles. The number of nitrogens with two attached hydrogens (primary N) is 1. The van der Waals surface area contributed by atoms with Gasteiger partial charge in [0, 0.05) is 13.2 Å². The number of ether oxygens (including phenoxy) is 2. The summed E-state index contributed by atoms with van der Waals surface area (Å²) in [6.07, 6.45) is 4.89. The van der Waals surface area contributed by atoms with Crippen molar-refractivity contribution in [2.45, 2.75) is 38.7 Å². The van der Waals surface area contributed by atoms with Gasteiger partial charge in [-0.15, -0.1) is 0 Å². The largest absolute Gasteiger partial charge is 0.462 e. The van der Waals surface area contributed by atoms with Crippen molar-refractivity contribution >= 4 is 17.3 Å². The smallest absolute Gasteiger partial charge is 0.338 e. The molecule has 0 bridgehead atoms. The zero-order valence-electron chi connectivity index (χ0n) is 12.6. The lowest BCUT2D eigenvalue weighted by atomic mass is 10.1. The number of carbonyl (C=O) groups is 1. The monoisotopic (exact) mass is 292 g/mol. The normalized spacial score (nSPS) is 18.2. The van der Waals surface area contributed by atoms with E-state index in [1.807, 2.05) is 6.07 Å². The summed E-state index contributed by atoms with van der Waals surface area (Å²) >= 11 is 0. The summed E-state index contributed by atoms with van der Waals surface area (Å²) in [7, 11) is 0. The Labute approximate surface area is 125 Å². The van der Waals surface area contributed by atoms with Crippen molar-refractivity contribution in [1.29, 1.82) is 0 Å². The highest BCUT2D eigenvalue weighted by atomic mass is 16.5. The number of hydrogen-bond acceptors (Lipinski definition) is 5. The van der Waals surface area contributed by atoms with Crippen LogP contribution in [0.15, 0.2) is 18.2 Å². The third kappa shape index (κ3) is 4.63. The Morgan fingerprint density at radius 1 is 1.48 bits per heavy atom. The summed E-state index contributed by atoms with van der Waals surface area (Å²) in [5, 5.41) is 3.30. The molecule has 0 aromatic heterocycles. The Balaban J connectivity index is 1.84. The molecule has 1 atom stereocenters. The number of esters is 1. The van der Waals surface area contributed by atoms with E-state index >= 15 is 0 Å². The van der Waals surface area contributed by atoms with E-state index in [4.69, 9.17) is 15.2 Å². The van der Waals surface area contributed by atoms with Crippen LogP contribution in [0.3, 0.4) is 0 Å². The van der Waals surface area contributed by atoms with Crippen molar-refractivity contribution in [3.8, 4) is 0 Å². The van der Waals surface area contributed by atoms with Crippen molar-refractivity contribution < 1.29 is 14.3 Å². The first kappa shape index (κ1) is 15.6. The van der Waals surface area contributed by atoms with Crippen molar-refractivity contribution in [1.82, 2.24) is 0 Å². The van der Waals surface area contributed by atoms with Gasteiger partial charge in [-0.05, 0) is 50.8 Å². The molecule has 5 heteroatoms. The topological polar surface area (TPSA) is 73.6 Å². The molecule has 21 heavy (non-hydrogen) atoms. The van der Waals surface area contributed by atoms with Crippen LogP contribution in [0.25, 0.3) is 0 Å². The van der Waals surface area contributed by atoms with Crippen molar-refractivity contribution in [3.05, 3.63) is 23.8 Å². The van der Waals surface area contributed by atoms with E-state index in [9.17, 15) is 4.79 Å². The molecule has 3 N–H and O–H groups in total. The molecule has 1 saturated heterocycles. The lowest BCUT2D eigenvalue weighted by molar-refractivity contribution is 0.0134. The second-order valence-corrected chi connectivity index (χ2v) is 5.23. The molecule has 0 radical (unpaired) electrons. The second kappa shape index (κ2) is 7.88. The quantitative estimate of drug-likeness (QED) is 0.623. The van der Waals surface area contributed by atoms with Crippen LogP contribution in [0.4, 0.5) is 11.4 Å². The number of nitrogen functional groups attached to an aromatic ring is 1. The average molecular weight is 292 g/mol. The molecule has 1 aliphatic heterocycles. The van der Waals surface area contributed by atoms with Gasteiger partial charge in [-0.3, -0.25) is 0 Å². The number of nitrogens with one attached hydrogen (secondary N) is 1. The number of benzene rings is 1. The fraction of sp³-hybridized carbons (Fsp3) is 0.562. The maximum absolute atomic E-state index is 11.6. The van der Waals surface area contributed by atoms with Crippen LogP contribution in [0, 0.1) is 0 Å². The SMILES string of the molecule is CCOC(=O)c1ccc(NCCC2CCCCO2)c(N)c1. The van der Waals surface area contributed by atoms with Gasteiger partial charge in [0.2, 0.25) is 0 Å². The van der Waals surface area contributed by atoms with Gasteiger partial charge in [-0.1, -0.05) is 0 Å². The summed E-state index contributed by atoms with van der Waals surface area (Å²) in [6, 6.07) is 5.20. The number of hydrogen-bond donors (Lipinski definition) is 2. The van der Waals surface area contributed by atoms with Crippen LogP contribution >= 0.6 is 0 Å². The summed E-state index contributed by atoms with van der Waals surface area (Å²) in [5.74, 6) is -0.341. The van der Waals surface area contributed by atoms with Gasteiger partial charge in [-0.25, -0.2) is 4.79 Å². The molecular weight excluding hydrogens is 268 g/mol. The third-order valence-electron chi connectivity index (χ3n) is 3.62. The van der Waals surface area contributed by atoms with Crippen LogP contribution in [-0.2, 0) is 9.47 Å². The minimum Gasteiger partial charge on any atom is -0.462 e. The fourth-order valence-corrected chi connectivity index (χ4v) is 2.47. The molecule has 0 spiro atoms. The number of rotatable bonds is 6. The summed E-state index contributed by atoms with van der Waals surface area (Å²) < 4.78 is 10.6. The van der Waals surface area contributed by atoms with Crippen molar-refractivity contribution in [2.24, 2.45) is 0 Å². The second-order valence-electron chi connectivity index (χ2n) is 5.23. The highest BCUT2D eigenvalue weighted by Crippen LogP contribution is 2.21. The van der Waals surface area contributed by atoms with Crippen LogP contribution in [-0.4, -0.2) is 31.8 Å². The van der Waals surface area contributed by atoms with Gasteiger partial charge in [-0.2, -0.15) is 0 Å². The van der Waals surface area contributed by atoms with E-state index < -0.39 is 0 Å². The van der Waals surface area contributed by atoms with Crippen LogP contribution < -0.4 is 11.1 Å². The first-order valence-corrected chi connectivity index (χ1v) is 7.63. The maximum Gasteiger partial charge on any atom is 0.338 e. The van der Waals surface area contributed by atoms with E-state index in [0.717, 1.165) is 31.7 Å². The predicted octanol–water partition coefficient (Wildman–Crippen LogP) is 2.82. The summed E-state index contributed by atoms with van der Waals surface area (Å²) in [5.41, 5.74) is 7.86. The molecule has 1 unspecified atom stereocenters. The molecule has 5 nitrogen and oxygen atoms in total. The summed E-state index contributed by atoms with van der Waals surface area (Å²) in [6.45, 7) is 3.83. The highest BCUT2D eigenvalue weighted by Gasteiger charge is 2.13. The van der Waals surface area contributed by atoms with E-state index in [-0.39, 0.29) is 5.97 Å². The van der Waals surface area contributed by atoms with Gasteiger partial charge < -0.3 is 20.5 Å². The lowest BCUT2D eigenvalue weighted by Crippen LogP contribution is -2.22. The average Bonchev–Trinajstić information content (AvgIpc) is 2.50. The first-order valence-electron chi connectivity index (χ1n) is 7.63. The molecule has 116 valence electrons. The Hall–Kier alpha value is -1.75. The van der Waals surface area contributed by atoms with E-state index in [2.05, 4.69) is 5.32 Å². The highest BCUT2D eigenvalue weighted by molar-refractivity contribution is 5.91. The standard InChI is InChI=1S/C16H24N2O3/c1-2-20-16(19)12-6-7-15(14(17)11-12)18-9-8-13-5-3-4-10-21-13/h6-7,11,13,18H,2-5,8-10,17H2,1H3. The molecule has 0 amide bonds. The third-order valence-corrected chi connectivity index (χ3v) is 3.62. The molecule has 2 rings (SSSR count). The molecular formula is C16H24N2O3. The predicted molar refractivity (Wildman–Crippen MR) is 83.5 cm³/mol. The maximum atomic E-state index is 11.6. The summed E-state index contributed by atoms with van der Waals surface area (Å²) in [4.78, 5) is 11.6. The minimum atomic E-state index is -0.341. The molecule has 1 aliphatic rings. The van der Waals surface area contributed by atoms with Gasteiger partial charge in [0.25, 0.3) is 0 Å². The van der Waals surface area contributed by atoms with Gasteiger partial charge in [0.15, 0.2) is 0 Å². The van der Waals surface area contributed by atoms with Gasteiger partial charge in [0.05, 0.1) is 29.6 Å². The molecule has 1 aromatic rings. The van der Waals surface area contributed by atoms with Gasteiger partial charge in [0.1, 0.15) is 0 Å². The Kier molecular flexibility index (Phi) is 5.87. The van der Waals surface area contributed by atoms with Crippen LogP contribution in [0.1, 0.15) is 43.0 Å². The van der Waals surface area contributed by atoms with Gasteiger partial charge >= 0.3 is 5.97 Å². The molecule has 1 heterocycles. The number of carbonyl (C=O) groups excluding carboxylic acids is 1. The van der Waals surface area contributed by atoms with E-state index in [1.54, 1.807) is 19.1 Å². The van der Waals surface area contributed by atoms with Crippen LogP contribution in [0.5, 0.6) is 0 Å². The molecule has 0 saturated carbocycles. The number of anilines is 2. The molecule has 1 fully saturated rings. The zero-order valence-corrected chi connectivity index (χ0v) is 12.6. The van der Waals surface area contributed by atoms with Crippen molar-refractivity contribution in [3.63, 3.8) is 0 Å². The first-order chi connectivity index (χ1) is 10.2. The Morgan fingerprint density at radius 3 is 3.00 bits per heavy atom. The molecule has 0 aliphatic carbocycles. The fourth-order valence-electron chi connectivity index (χ4n) is 2.47. The Bertz CT molecular complexity index is 471. The van der Waals surface area contributed by atoms with E-state index in [0.29, 0.717) is 24.0 Å². The van der Waals surface area contributed by atoms with Crippen molar-refractivity contribution in [2.75, 3.05) is 30.8 Å². The Morgan fingerprint density at radius 2 is 2.33 bits per heavy atom. The minimum absolute atomic E-state index is 0.341. The zero-order chi connectivity index (χ0) is 15.1. The lowest BCUT2D eigenvalue weighted by Gasteiger charge is -2.22. The van der Waals surface area contributed by atoms with Crippen LogP contribution in [0.2, 0.25) is 0 Å².